The third kappa shape index (κ3) is 3.77. The molecule has 1 aromatic carbocycles. The number of carbonyl (C=O) groups excluding carboxylic acids is 2. The van der Waals surface area contributed by atoms with Gasteiger partial charge in [-0.1, -0.05) is 30.3 Å². The minimum absolute atomic E-state index is 0.298. The number of rotatable bonds is 6. The summed E-state index contributed by atoms with van der Waals surface area (Å²) >= 11 is 1.33. The highest BCUT2D eigenvalue weighted by Gasteiger charge is 2.22. The van der Waals surface area contributed by atoms with E-state index in [-0.39, 0.29) is 5.91 Å². The number of nitrogens with one attached hydrogen (secondary N) is 1. The minimum atomic E-state index is -0.824. The Morgan fingerprint density at radius 3 is 2.73 bits per heavy atom. The zero-order valence-corrected chi connectivity index (χ0v) is 15.8. The smallest absolute Gasteiger partial charge is 0.349 e. The van der Waals surface area contributed by atoms with Gasteiger partial charge in [-0.2, -0.15) is 5.10 Å². The van der Waals surface area contributed by atoms with E-state index in [1.165, 1.54) is 11.3 Å². The molecule has 3 aromatic rings. The second-order valence-electron chi connectivity index (χ2n) is 6.00. The maximum absolute atomic E-state index is 12.4. The molecule has 2 aromatic heterocycles. The van der Waals surface area contributed by atoms with Crippen LogP contribution in [0.25, 0.3) is 10.2 Å². The maximum Gasteiger partial charge on any atom is 0.349 e. The van der Waals surface area contributed by atoms with Gasteiger partial charge in [-0.15, -0.1) is 11.3 Å². The number of hydrogen-bond acceptors (Lipinski definition) is 5. The first-order valence-electron chi connectivity index (χ1n) is 8.49. The molecule has 0 saturated carbocycles. The number of fused-ring (bicyclic) bond motifs is 1. The monoisotopic (exact) mass is 371 g/mol. The normalized spacial score (nSPS) is 12.1. The first kappa shape index (κ1) is 18.1. The SMILES string of the molecule is CCNC(=O)[C@H](C)OC(=O)c1cc2c(C)nn(Cc3ccccc3)c2s1. The summed E-state index contributed by atoms with van der Waals surface area (Å²) in [7, 11) is 0. The molecule has 1 N–H and O–H groups in total. The lowest BCUT2D eigenvalue weighted by Crippen LogP contribution is -2.35. The molecule has 26 heavy (non-hydrogen) atoms. The van der Waals surface area contributed by atoms with Crippen LogP contribution in [-0.2, 0) is 16.1 Å². The average molecular weight is 371 g/mol. The summed E-state index contributed by atoms with van der Waals surface area (Å²) in [6, 6.07) is 11.8. The van der Waals surface area contributed by atoms with Gasteiger partial charge in [0, 0.05) is 11.9 Å². The third-order valence-corrected chi connectivity index (χ3v) is 5.12. The van der Waals surface area contributed by atoms with Crippen molar-refractivity contribution in [2.45, 2.75) is 33.4 Å². The van der Waals surface area contributed by atoms with Crippen molar-refractivity contribution in [1.29, 1.82) is 0 Å². The van der Waals surface area contributed by atoms with E-state index in [0.29, 0.717) is 18.0 Å². The van der Waals surface area contributed by atoms with Gasteiger partial charge in [-0.3, -0.25) is 9.48 Å². The van der Waals surface area contributed by atoms with E-state index in [9.17, 15) is 9.59 Å². The molecular weight excluding hydrogens is 350 g/mol. The van der Waals surface area contributed by atoms with Gasteiger partial charge in [0.25, 0.3) is 5.91 Å². The number of benzene rings is 1. The van der Waals surface area contributed by atoms with Gasteiger partial charge in [0.05, 0.1) is 12.2 Å². The standard InChI is InChI=1S/C19H21N3O3S/c1-4-20-17(23)13(3)25-19(24)16-10-15-12(2)21-22(18(15)26-16)11-14-8-6-5-7-9-14/h5-10,13H,4,11H2,1-3H3,(H,20,23)/t13-/m0/s1. The number of amides is 1. The van der Waals surface area contributed by atoms with Crippen LogP contribution in [0.4, 0.5) is 0 Å². The van der Waals surface area contributed by atoms with Crippen LogP contribution < -0.4 is 5.32 Å². The predicted octanol–water partition coefficient (Wildman–Crippen LogP) is 3.14. The predicted molar refractivity (Wildman–Crippen MR) is 101 cm³/mol. The molecule has 0 radical (unpaired) electrons. The van der Waals surface area contributed by atoms with E-state index < -0.39 is 12.1 Å². The molecule has 1 atom stereocenters. The highest BCUT2D eigenvalue weighted by atomic mass is 32.1. The average Bonchev–Trinajstić information content (AvgIpc) is 3.18. The Kier molecular flexibility index (Phi) is 5.37. The van der Waals surface area contributed by atoms with Crippen molar-refractivity contribution in [2.75, 3.05) is 6.54 Å². The lowest BCUT2D eigenvalue weighted by molar-refractivity contribution is -0.128. The minimum Gasteiger partial charge on any atom is -0.448 e. The van der Waals surface area contributed by atoms with Crippen molar-refractivity contribution in [2.24, 2.45) is 0 Å². The Morgan fingerprint density at radius 1 is 1.31 bits per heavy atom. The fourth-order valence-electron chi connectivity index (χ4n) is 2.67. The van der Waals surface area contributed by atoms with Crippen LogP contribution in [0.1, 0.15) is 34.8 Å². The fourth-order valence-corrected chi connectivity index (χ4v) is 3.71. The highest BCUT2D eigenvalue weighted by molar-refractivity contribution is 7.20. The van der Waals surface area contributed by atoms with Crippen LogP contribution in [0, 0.1) is 6.92 Å². The molecule has 0 unspecified atom stereocenters. The molecule has 0 spiro atoms. The van der Waals surface area contributed by atoms with Crippen molar-refractivity contribution >= 4 is 33.4 Å². The number of aromatic nitrogens is 2. The number of hydrogen-bond donors (Lipinski definition) is 1. The van der Waals surface area contributed by atoms with Gasteiger partial charge >= 0.3 is 5.97 Å². The summed E-state index contributed by atoms with van der Waals surface area (Å²) in [4.78, 5) is 25.5. The molecule has 0 aliphatic carbocycles. The number of esters is 1. The first-order chi connectivity index (χ1) is 12.5. The molecule has 136 valence electrons. The molecule has 7 heteroatoms. The van der Waals surface area contributed by atoms with E-state index in [1.807, 2.05) is 48.9 Å². The number of thiophene rings is 1. The number of aryl methyl sites for hydroxylation is 1. The zero-order chi connectivity index (χ0) is 18.7. The largest absolute Gasteiger partial charge is 0.448 e. The van der Waals surface area contributed by atoms with Crippen LogP contribution in [0.15, 0.2) is 36.4 Å². The number of carbonyl (C=O) groups is 2. The second kappa shape index (κ2) is 7.70. The van der Waals surface area contributed by atoms with E-state index in [2.05, 4.69) is 10.4 Å². The van der Waals surface area contributed by atoms with E-state index in [0.717, 1.165) is 21.5 Å². The summed E-state index contributed by atoms with van der Waals surface area (Å²) in [5.74, 6) is -0.788. The third-order valence-electron chi connectivity index (χ3n) is 3.99. The number of nitrogens with zero attached hydrogens (tertiary/aromatic N) is 2. The van der Waals surface area contributed by atoms with E-state index >= 15 is 0 Å². The van der Waals surface area contributed by atoms with Crippen LogP contribution in [0.3, 0.4) is 0 Å². The van der Waals surface area contributed by atoms with Gasteiger partial charge in [-0.05, 0) is 32.4 Å². The molecule has 0 aliphatic heterocycles. The first-order valence-corrected chi connectivity index (χ1v) is 9.30. The molecule has 3 rings (SSSR count). The summed E-state index contributed by atoms with van der Waals surface area (Å²) < 4.78 is 7.17. The topological polar surface area (TPSA) is 73.2 Å². The summed E-state index contributed by atoms with van der Waals surface area (Å²) in [5, 5.41) is 8.15. The lowest BCUT2D eigenvalue weighted by Gasteiger charge is -2.11. The molecule has 0 saturated heterocycles. The Bertz CT molecular complexity index is 930. The lowest BCUT2D eigenvalue weighted by atomic mass is 10.2. The summed E-state index contributed by atoms with van der Waals surface area (Å²) in [6.45, 7) is 6.44. The second-order valence-corrected chi connectivity index (χ2v) is 7.03. The molecule has 1 amide bonds. The van der Waals surface area contributed by atoms with Crippen LogP contribution >= 0.6 is 11.3 Å². The zero-order valence-electron chi connectivity index (χ0n) is 15.0. The highest BCUT2D eigenvalue weighted by Crippen LogP contribution is 2.29. The van der Waals surface area contributed by atoms with Gasteiger partial charge < -0.3 is 10.1 Å². The Balaban J connectivity index is 1.82. The molecule has 6 nitrogen and oxygen atoms in total. The van der Waals surface area contributed by atoms with Gasteiger partial charge in [0.15, 0.2) is 6.10 Å². The fraction of sp³-hybridized carbons (Fsp3) is 0.316. The van der Waals surface area contributed by atoms with Crippen molar-refractivity contribution in [3.8, 4) is 0 Å². The van der Waals surface area contributed by atoms with Crippen LogP contribution in [0.2, 0.25) is 0 Å². The van der Waals surface area contributed by atoms with Crippen molar-refractivity contribution in [1.82, 2.24) is 15.1 Å². The molecule has 0 fully saturated rings. The van der Waals surface area contributed by atoms with Gasteiger partial charge in [0.1, 0.15) is 9.71 Å². The number of likely N-dealkylation sites (N-methyl/N-ethyl adjacent to an activating group) is 1. The van der Waals surface area contributed by atoms with Crippen LogP contribution in [-0.4, -0.2) is 34.3 Å². The van der Waals surface area contributed by atoms with Gasteiger partial charge in [0.2, 0.25) is 0 Å². The molecule has 2 heterocycles. The Labute approximate surface area is 155 Å². The Hall–Kier alpha value is -2.67. The van der Waals surface area contributed by atoms with Crippen molar-refractivity contribution < 1.29 is 14.3 Å². The van der Waals surface area contributed by atoms with Gasteiger partial charge in [-0.25, -0.2) is 4.79 Å². The Morgan fingerprint density at radius 2 is 2.04 bits per heavy atom. The van der Waals surface area contributed by atoms with E-state index in [1.54, 1.807) is 13.0 Å². The maximum atomic E-state index is 12.4. The van der Waals surface area contributed by atoms with Crippen molar-refractivity contribution in [3.05, 3.63) is 52.5 Å². The molecule has 0 bridgehead atoms. The van der Waals surface area contributed by atoms with E-state index in [4.69, 9.17) is 4.74 Å². The molecule has 0 aliphatic rings. The summed E-state index contributed by atoms with van der Waals surface area (Å²) in [5.41, 5.74) is 2.00. The van der Waals surface area contributed by atoms with Crippen LogP contribution in [0.5, 0.6) is 0 Å². The van der Waals surface area contributed by atoms with Crippen molar-refractivity contribution in [3.63, 3.8) is 0 Å². The molecular formula is C19H21N3O3S. The quantitative estimate of drug-likeness (QED) is 0.676. The number of ether oxygens (including phenoxy) is 1. The summed E-state index contributed by atoms with van der Waals surface area (Å²) in [6.07, 6.45) is -0.824.